The fourth-order valence-electron chi connectivity index (χ4n) is 1.88. The summed E-state index contributed by atoms with van der Waals surface area (Å²) in [5.74, 6) is 0. The van der Waals surface area contributed by atoms with E-state index in [0.717, 1.165) is 0 Å². The maximum atomic E-state index is 2.38. The van der Waals surface area contributed by atoms with Crippen molar-refractivity contribution in [3.05, 3.63) is 57.4 Å². The molecule has 0 heterocycles. The number of benzene rings is 1. The van der Waals surface area contributed by atoms with Crippen LogP contribution in [0.2, 0.25) is 0 Å². The van der Waals surface area contributed by atoms with E-state index in [-0.39, 0.29) is 37.2 Å². The van der Waals surface area contributed by atoms with Gasteiger partial charge in [0.25, 0.3) is 0 Å². The average Bonchev–Trinajstić information content (AvgIpc) is 2.79. The van der Waals surface area contributed by atoms with E-state index in [4.69, 9.17) is 0 Å². The monoisotopic (exact) mass is 394 g/mol. The van der Waals surface area contributed by atoms with E-state index < -0.39 is 23.2 Å². The molecule has 1 aliphatic carbocycles. The molecule has 103 valence electrons. The zero-order valence-corrected chi connectivity index (χ0v) is 15.7. The smallest absolute Gasteiger partial charge is 1.00 e. The maximum absolute atomic E-state index is 2.38. The summed E-state index contributed by atoms with van der Waals surface area (Å²) < 4.78 is 2.36. The molecule has 0 aliphatic heterocycles. The Balaban J connectivity index is 0. The Morgan fingerprint density at radius 2 is 1.68 bits per heavy atom. The third-order valence-electron chi connectivity index (χ3n) is 2.73. The van der Waals surface area contributed by atoms with Gasteiger partial charge in [0.1, 0.15) is 0 Å². The summed E-state index contributed by atoms with van der Waals surface area (Å²) >= 11 is -0.522. The number of rotatable bonds is 4. The molecule has 1 nitrogen and oxygen atoms in total. The molecule has 5 heteroatoms. The molecule has 19 heavy (non-hydrogen) atoms. The van der Waals surface area contributed by atoms with E-state index in [9.17, 15) is 0 Å². The Bertz CT molecular complexity index is 404. The number of hydrogen-bond donors (Lipinski definition) is 0. The zero-order valence-electron chi connectivity index (χ0n) is 11.0. The van der Waals surface area contributed by atoms with Crippen molar-refractivity contribution in [2.75, 3.05) is 14.1 Å². The molecule has 0 radical (unpaired) electrons. The van der Waals surface area contributed by atoms with Crippen LogP contribution in [0.1, 0.15) is 15.7 Å². The summed E-state index contributed by atoms with van der Waals surface area (Å²) in [6.07, 6.45) is 8.00. The van der Waals surface area contributed by atoms with Crippen LogP contribution in [0.25, 0.3) is 0 Å². The van der Waals surface area contributed by atoms with Crippen molar-refractivity contribution in [3.8, 4) is 0 Å². The van der Waals surface area contributed by atoms with Gasteiger partial charge < -0.3 is 37.2 Å². The van der Waals surface area contributed by atoms with E-state index in [1.165, 1.54) is 12.0 Å². The van der Waals surface area contributed by atoms with Crippen LogP contribution in [0.15, 0.2) is 51.8 Å². The summed E-state index contributed by atoms with van der Waals surface area (Å²) in [7, 11) is 4.39. The molecule has 1 unspecified atom stereocenters. The van der Waals surface area contributed by atoms with Crippen molar-refractivity contribution in [1.29, 1.82) is 0 Å². The summed E-state index contributed by atoms with van der Waals surface area (Å²) in [4.78, 5) is 2.38. The van der Waals surface area contributed by atoms with Crippen LogP contribution < -0.4 is 37.2 Å². The van der Waals surface area contributed by atoms with E-state index in [0.29, 0.717) is 3.75 Å². The van der Waals surface area contributed by atoms with Crippen LogP contribution in [-0.4, -0.2) is 19.0 Å². The molecule has 0 amide bonds. The molecule has 0 N–H and O–H groups in total. The summed E-state index contributed by atoms with van der Waals surface area (Å²) in [5.41, 5.74) is 1.48. The van der Waals surface area contributed by atoms with E-state index in [1.54, 1.807) is 3.28 Å². The molecule has 0 fully saturated rings. The van der Waals surface area contributed by atoms with Gasteiger partial charge >= 0.3 is 110 Å². The number of allylic oxidation sites excluding steroid dienone is 4. The Hall–Kier alpha value is 0.413. The molecule has 0 saturated carbocycles. The van der Waals surface area contributed by atoms with Gasteiger partial charge in [0.05, 0.1) is 0 Å². The molecule has 1 aromatic carbocycles. The number of hydrogen-bond acceptors (Lipinski definition) is 1. The van der Waals surface area contributed by atoms with Gasteiger partial charge in [0.2, 0.25) is 0 Å². The molecule has 0 saturated heterocycles. The van der Waals surface area contributed by atoms with Gasteiger partial charge in [-0.15, -0.1) is 0 Å². The molecule has 1 atom stereocenters. The predicted octanol–water partition coefficient (Wildman–Crippen LogP) is -5.81. The predicted molar refractivity (Wildman–Crippen MR) is 64.7 cm³/mol. The van der Waals surface area contributed by atoms with Crippen molar-refractivity contribution in [3.63, 3.8) is 0 Å². The van der Waals surface area contributed by atoms with Crippen molar-refractivity contribution >= 4 is 0 Å². The van der Waals surface area contributed by atoms with Gasteiger partial charge in [-0.2, -0.15) is 0 Å². The van der Waals surface area contributed by atoms with Crippen molar-refractivity contribution < 1.29 is 60.5 Å². The van der Waals surface area contributed by atoms with Gasteiger partial charge in [0, 0.05) is 0 Å². The molecule has 2 rings (SSSR count). The quantitative estimate of drug-likeness (QED) is 0.490. The second kappa shape index (κ2) is 11.1. The van der Waals surface area contributed by atoms with Crippen LogP contribution in [-0.2, 0) is 23.2 Å². The molecular formula is C14H17Cl3NZr. The molecule has 0 aromatic heterocycles. The second-order valence-electron chi connectivity index (χ2n) is 4.25. The molecule has 1 aromatic rings. The topological polar surface area (TPSA) is 3.24 Å². The summed E-state index contributed by atoms with van der Waals surface area (Å²) in [6.45, 7) is 0. The van der Waals surface area contributed by atoms with Crippen LogP contribution in [0.5, 0.6) is 0 Å². The Morgan fingerprint density at radius 1 is 1.05 bits per heavy atom. The largest absolute Gasteiger partial charge is 1.00 e. The third-order valence-corrected chi connectivity index (χ3v) is 7.31. The zero-order chi connectivity index (χ0) is 11.4. The van der Waals surface area contributed by atoms with Crippen molar-refractivity contribution in [2.45, 2.75) is 10.2 Å². The minimum Gasteiger partial charge on any atom is -1.00 e. The maximum Gasteiger partial charge on any atom is -1.00 e. The molecule has 0 spiro atoms. The minimum atomic E-state index is -0.522. The fraction of sp³-hybridized carbons (Fsp3) is 0.286. The number of halogens is 3. The Morgan fingerprint density at radius 3 is 2.16 bits per heavy atom. The van der Waals surface area contributed by atoms with E-state index in [1.807, 2.05) is 0 Å². The standard InChI is InChI=1S/C9H12N.C5H5.3ClH.Zr/c1-10(2)8-9-6-4-3-5-7-9;1-2-4-5-3-1;;;;/h3-8H,1-2H3;1-3H,4H2;3*1H;/q;;;;;+3/p-3. The first-order valence-corrected chi connectivity index (χ1v) is 8.26. The molecular weight excluding hydrogens is 380 g/mol. The first kappa shape index (κ1) is 21.7. The van der Waals surface area contributed by atoms with Crippen LogP contribution in [0.4, 0.5) is 0 Å². The summed E-state index contributed by atoms with van der Waals surface area (Å²) in [5, 5.41) is 0. The number of nitrogens with zero attached hydrogens (tertiary/aromatic N) is 1. The van der Waals surface area contributed by atoms with Crippen LogP contribution in [0.3, 0.4) is 0 Å². The van der Waals surface area contributed by atoms with Crippen molar-refractivity contribution in [1.82, 2.24) is 4.90 Å². The van der Waals surface area contributed by atoms with Crippen LogP contribution in [0, 0.1) is 0 Å². The van der Waals surface area contributed by atoms with Gasteiger partial charge in [0.15, 0.2) is 0 Å². The third kappa shape index (κ3) is 6.60. The van der Waals surface area contributed by atoms with Gasteiger partial charge in [-0.05, 0) is 0 Å². The SMILES string of the molecule is CN(C)[CH]([Zr+3][C]1=CC=CC1)c1ccccc1.[Cl-].[Cl-].[Cl-]. The first-order valence-electron chi connectivity index (χ1n) is 5.61. The van der Waals surface area contributed by atoms with Crippen LogP contribution >= 0.6 is 0 Å². The van der Waals surface area contributed by atoms with Gasteiger partial charge in [-0.3, -0.25) is 0 Å². The Kier molecular flexibility index (Phi) is 12.7. The Labute approximate surface area is 146 Å². The van der Waals surface area contributed by atoms with E-state index >= 15 is 0 Å². The summed E-state index contributed by atoms with van der Waals surface area (Å²) in [6, 6.07) is 10.9. The molecule has 0 bridgehead atoms. The van der Waals surface area contributed by atoms with E-state index in [2.05, 4.69) is 67.6 Å². The first-order chi connectivity index (χ1) is 7.77. The van der Waals surface area contributed by atoms with Gasteiger partial charge in [-0.25, -0.2) is 0 Å². The molecule has 1 aliphatic rings. The second-order valence-corrected chi connectivity index (χ2v) is 7.88. The van der Waals surface area contributed by atoms with Crippen molar-refractivity contribution in [2.24, 2.45) is 0 Å². The fourth-order valence-corrected chi connectivity index (χ4v) is 5.31. The minimum absolute atomic E-state index is 0. The normalized spacial score (nSPS) is 13.5. The average molecular weight is 397 g/mol. The van der Waals surface area contributed by atoms with Gasteiger partial charge in [-0.1, -0.05) is 0 Å².